The molecule has 3 atom stereocenters. The van der Waals surface area contributed by atoms with Gasteiger partial charge in [-0.15, -0.1) is 0 Å². The fraction of sp³-hybridized carbons (Fsp3) is 0.905. The Morgan fingerprint density at radius 2 is 1.60 bits per heavy atom. The minimum atomic E-state index is -2.03. The maximum atomic E-state index is 12.4. The highest BCUT2D eigenvalue weighted by Gasteiger charge is 2.48. The van der Waals surface area contributed by atoms with Gasteiger partial charge in [0.1, 0.15) is 12.3 Å². The van der Waals surface area contributed by atoms with E-state index in [1.165, 1.54) is 0 Å². The number of ether oxygens (including phenoxy) is 1. The first-order chi connectivity index (χ1) is 13.4. The molecule has 0 spiro atoms. The van der Waals surface area contributed by atoms with E-state index in [2.05, 4.69) is 73.0 Å². The lowest BCUT2D eigenvalue weighted by molar-refractivity contribution is -0.123. The van der Waals surface area contributed by atoms with Gasteiger partial charge < -0.3 is 13.6 Å². The van der Waals surface area contributed by atoms with Crippen LogP contribution < -0.4 is 5.32 Å². The summed E-state index contributed by atoms with van der Waals surface area (Å²) in [4.78, 5) is 25.5. The molecule has 174 valence electrons. The van der Waals surface area contributed by atoms with Gasteiger partial charge in [-0.2, -0.15) is 0 Å². The zero-order valence-electron chi connectivity index (χ0n) is 20.5. The number of hydrogen-bond acceptors (Lipinski definition) is 5. The summed E-state index contributed by atoms with van der Waals surface area (Å²) in [7, 11) is -3.97. The molecule has 0 aromatic rings. The number of rotatable bonds is 6. The van der Waals surface area contributed by atoms with Crippen molar-refractivity contribution in [2.45, 2.75) is 109 Å². The molecule has 2 aliphatic heterocycles. The number of nitrogens with zero attached hydrogens (tertiary/aromatic N) is 1. The molecule has 1 N–H and O–H groups in total. The van der Waals surface area contributed by atoms with Crippen LogP contribution in [0.25, 0.3) is 0 Å². The van der Waals surface area contributed by atoms with Gasteiger partial charge in [0, 0.05) is 19.4 Å². The minimum Gasteiger partial charge on any atom is -0.414 e. The first kappa shape index (κ1) is 25.5. The van der Waals surface area contributed by atoms with Crippen LogP contribution in [-0.2, 0) is 18.4 Å². The maximum Gasteiger partial charge on any atom is 0.326 e. The summed E-state index contributed by atoms with van der Waals surface area (Å²) in [6.45, 7) is 23.1. The van der Waals surface area contributed by atoms with E-state index in [0.29, 0.717) is 26.0 Å². The molecule has 0 bridgehead atoms. The third-order valence-corrected chi connectivity index (χ3v) is 16.3. The highest BCUT2D eigenvalue weighted by molar-refractivity contribution is 6.74. The number of hydrogen-bond donors (Lipinski definition) is 1. The monoisotopic (exact) mass is 458 g/mol. The lowest BCUT2D eigenvalue weighted by atomic mass is 10.2. The van der Waals surface area contributed by atoms with E-state index in [1.807, 2.05) is 0 Å². The van der Waals surface area contributed by atoms with E-state index in [-0.39, 0.29) is 34.2 Å². The predicted octanol–water partition coefficient (Wildman–Crippen LogP) is 4.46. The second-order valence-electron chi connectivity index (χ2n) is 11.6. The lowest BCUT2D eigenvalue weighted by Gasteiger charge is -2.40. The highest BCUT2D eigenvalue weighted by atomic mass is 28.4. The van der Waals surface area contributed by atoms with E-state index in [0.717, 1.165) is 0 Å². The van der Waals surface area contributed by atoms with Gasteiger partial charge in [-0.05, 0) is 36.3 Å². The smallest absolute Gasteiger partial charge is 0.326 e. The van der Waals surface area contributed by atoms with Gasteiger partial charge in [-0.3, -0.25) is 15.0 Å². The van der Waals surface area contributed by atoms with Crippen molar-refractivity contribution in [3.8, 4) is 0 Å². The molecule has 2 rings (SSSR count). The molecule has 30 heavy (non-hydrogen) atoms. The van der Waals surface area contributed by atoms with Crippen LogP contribution in [0.2, 0.25) is 36.3 Å². The average Bonchev–Trinajstić information content (AvgIpc) is 2.92. The molecule has 0 aromatic carbocycles. The summed E-state index contributed by atoms with van der Waals surface area (Å²) >= 11 is 0. The molecule has 0 aliphatic carbocycles. The molecule has 3 amide bonds. The Balaban J connectivity index is 2.17. The number of urea groups is 1. The Morgan fingerprint density at radius 1 is 1.03 bits per heavy atom. The van der Waals surface area contributed by atoms with Gasteiger partial charge in [0.15, 0.2) is 16.6 Å². The Bertz CT molecular complexity index is 655. The molecule has 2 fully saturated rings. The summed E-state index contributed by atoms with van der Waals surface area (Å²) in [6, 6.07) is -0.381. The molecular formula is C21H42N2O5Si2. The largest absolute Gasteiger partial charge is 0.414 e. The minimum absolute atomic E-state index is 0.0742. The van der Waals surface area contributed by atoms with Crippen molar-refractivity contribution >= 4 is 28.6 Å². The number of amides is 3. The quantitative estimate of drug-likeness (QED) is 0.595. The Labute approximate surface area is 184 Å². The molecule has 2 aliphatic rings. The normalized spacial score (nSPS) is 26.9. The lowest BCUT2D eigenvalue weighted by Crippen LogP contribution is -2.53. The van der Waals surface area contributed by atoms with Gasteiger partial charge >= 0.3 is 6.03 Å². The van der Waals surface area contributed by atoms with Crippen LogP contribution in [0.1, 0.15) is 54.4 Å². The van der Waals surface area contributed by atoms with E-state index in [4.69, 9.17) is 13.6 Å². The van der Waals surface area contributed by atoms with E-state index < -0.39 is 22.9 Å². The summed E-state index contributed by atoms with van der Waals surface area (Å²) < 4.78 is 19.5. The first-order valence-corrected chi connectivity index (χ1v) is 16.8. The van der Waals surface area contributed by atoms with Gasteiger partial charge in [-0.25, -0.2) is 4.79 Å². The molecule has 0 radical (unpaired) electrons. The molecule has 2 saturated heterocycles. The second kappa shape index (κ2) is 8.65. The van der Waals surface area contributed by atoms with Crippen molar-refractivity contribution < 1.29 is 23.2 Å². The van der Waals surface area contributed by atoms with Gasteiger partial charge in [0.2, 0.25) is 5.91 Å². The third kappa shape index (κ3) is 5.73. The van der Waals surface area contributed by atoms with Crippen molar-refractivity contribution in [2.75, 3.05) is 13.2 Å². The zero-order chi connectivity index (χ0) is 23.1. The van der Waals surface area contributed by atoms with Crippen molar-refractivity contribution in [3.63, 3.8) is 0 Å². The topological polar surface area (TPSA) is 77.1 Å². The first-order valence-electron chi connectivity index (χ1n) is 11.0. The Hall–Kier alpha value is -0.746. The van der Waals surface area contributed by atoms with E-state index >= 15 is 0 Å². The van der Waals surface area contributed by atoms with E-state index in [1.54, 1.807) is 4.90 Å². The standard InChI is InChI=1S/C21H42N2O5Si2/c1-20(2,3)29(7,8)26-14-16-15(28-30(9,10)21(4,5)6)13-18(27-16)23-12-11-17(24)22-19(23)25/h15-16,18H,11-14H2,1-10H3,(H,22,24,25)/t15-,16+,18+/m0/s1. The molecule has 9 heteroatoms. The number of nitrogens with one attached hydrogen (secondary N) is 1. The summed E-state index contributed by atoms with van der Waals surface area (Å²) in [5.41, 5.74) is 0. The SMILES string of the molecule is CC(C)(C)[Si](C)(C)OC[C@H]1O[C@@H](N2CCC(=O)NC2=O)C[C@@H]1O[Si](C)(C)C(C)(C)C. The fourth-order valence-corrected chi connectivity index (χ4v) is 5.45. The Kier molecular flexibility index (Phi) is 7.36. The number of imide groups is 1. The van der Waals surface area contributed by atoms with Crippen LogP contribution in [0.5, 0.6) is 0 Å². The fourth-order valence-electron chi connectivity index (χ4n) is 3.08. The van der Waals surface area contributed by atoms with Crippen LogP contribution in [-0.4, -0.2) is 65.1 Å². The molecule has 0 unspecified atom stereocenters. The molecule has 0 saturated carbocycles. The summed E-state index contributed by atoms with van der Waals surface area (Å²) in [5, 5.41) is 2.58. The Morgan fingerprint density at radius 3 is 2.10 bits per heavy atom. The van der Waals surface area contributed by atoms with Crippen LogP contribution in [0.4, 0.5) is 4.79 Å². The van der Waals surface area contributed by atoms with Crippen LogP contribution >= 0.6 is 0 Å². The summed E-state index contributed by atoms with van der Waals surface area (Å²) in [6.07, 6.45) is 0.125. The van der Waals surface area contributed by atoms with Crippen molar-refractivity contribution in [1.82, 2.24) is 10.2 Å². The third-order valence-electron chi connectivity index (χ3n) is 7.28. The number of carbonyl (C=O) groups is 2. The molecule has 7 nitrogen and oxygen atoms in total. The summed E-state index contributed by atoms with van der Waals surface area (Å²) in [5.74, 6) is -0.235. The maximum absolute atomic E-state index is 12.4. The van der Waals surface area contributed by atoms with Crippen molar-refractivity contribution in [3.05, 3.63) is 0 Å². The second-order valence-corrected chi connectivity index (χ2v) is 21.2. The van der Waals surface area contributed by atoms with Crippen LogP contribution in [0, 0.1) is 0 Å². The number of carbonyl (C=O) groups excluding carboxylic acids is 2. The average molecular weight is 459 g/mol. The highest BCUT2D eigenvalue weighted by Crippen LogP contribution is 2.41. The van der Waals surface area contributed by atoms with Crippen molar-refractivity contribution in [1.29, 1.82) is 0 Å². The zero-order valence-corrected chi connectivity index (χ0v) is 22.5. The van der Waals surface area contributed by atoms with E-state index in [9.17, 15) is 9.59 Å². The van der Waals surface area contributed by atoms with Gasteiger partial charge in [0.25, 0.3) is 0 Å². The van der Waals surface area contributed by atoms with Crippen LogP contribution in [0.15, 0.2) is 0 Å². The van der Waals surface area contributed by atoms with Gasteiger partial charge in [0.05, 0.1) is 12.7 Å². The van der Waals surface area contributed by atoms with Gasteiger partial charge in [-0.1, -0.05) is 41.5 Å². The predicted molar refractivity (Wildman–Crippen MR) is 123 cm³/mol. The van der Waals surface area contributed by atoms with Crippen LogP contribution in [0.3, 0.4) is 0 Å². The van der Waals surface area contributed by atoms with Crippen molar-refractivity contribution in [2.24, 2.45) is 0 Å². The molecule has 0 aromatic heterocycles. The molecule has 2 heterocycles. The molecular weight excluding hydrogens is 416 g/mol.